The van der Waals surface area contributed by atoms with E-state index in [4.69, 9.17) is 17.3 Å². The van der Waals surface area contributed by atoms with Crippen LogP contribution in [0.3, 0.4) is 0 Å². The van der Waals surface area contributed by atoms with Crippen molar-refractivity contribution in [3.05, 3.63) is 45.4 Å². The highest BCUT2D eigenvalue weighted by atomic mass is 35.5. The van der Waals surface area contributed by atoms with Crippen molar-refractivity contribution in [3.63, 3.8) is 0 Å². The summed E-state index contributed by atoms with van der Waals surface area (Å²) in [6, 6.07) is 7.45. The predicted molar refractivity (Wildman–Crippen MR) is 142 cm³/mol. The summed E-state index contributed by atoms with van der Waals surface area (Å²) in [6.45, 7) is -0.000955. The predicted octanol–water partition coefficient (Wildman–Crippen LogP) is 4.53. The highest BCUT2D eigenvalue weighted by molar-refractivity contribution is 7.09. The Morgan fingerprint density at radius 3 is 2.22 bits per heavy atom. The van der Waals surface area contributed by atoms with Gasteiger partial charge in [-0.05, 0) is 48.8 Å². The third kappa shape index (κ3) is 6.76. The van der Waals surface area contributed by atoms with Gasteiger partial charge in [-0.1, -0.05) is 68.3 Å². The molecule has 1 heterocycles. The van der Waals surface area contributed by atoms with Crippen molar-refractivity contribution in [1.29, 1.82) is 0 Å². The molecule has 0 radical (unpaired) electrons. The van der Waals surface area contributed by atoms with Gasteiger partial charge < -0.3 is 21.3 Å². The minimum atomic E-state index is -0.444. The second-order valence-electron chi connectivity index (χ2n) is 9.74. The molecular weight excluding hydrogens is 498 g/mol. The zero-order valence-electron chi connectivity index (χ0n) is 20.4. The number of nitrogen functional groups attached to an aromatic ring is 1. The van der Waals surface area contributed by atoms with Gasteiger partial charge >= 0.3 is 0 Å². The number of carbonyl (C=O) groups excluding carboxylic acids is 3. The molecule has 4 rings (SSSR count). The van der Waals surface area contributed by atoms with Crippen LogP contribution >= 0.6 is 23.1 Å². The Kier molecular flexibility index (Phi) is 9.20. The number of halogens is 1. The van der Waals surface area contributed by atoms with E-state index in [9.17, 15) is 14.4 Å². The lowest BCUT2D eigenvalue weighted by Crippen LogP contribution is -2.44. The number of hydrogen-bond acceptors (Lipinski definition) is 6. The van der Waals surface area contributed by atoms with Gasteiger partial charge in [-0.2, -0.15) is 4.37 Å². The Morgan fingerprint density at radius 1 is 0.972 bits per heavy atom. The Balaban J connectivity index is 1.50. The number of carbonyl (C=O) groups is 3. The number of hydrogen-bond donors (Lipinski definition) is 3. The van der Waals surface area contributed by atoms with Gasteiger partial charge in [-0.25, -0.2) is 0 Å². The lowest BCUT2D eigenvalue weighted by atomic mass is 9.95. The monoisotopic (exact) mass is 531 g/mol. The minimum Gasteiger partial charge on any atom is -0.395 e. The van der Waals surface area contributed by atoms with E-state index in [1.54, 1.807) is 6.07 Å². The smallest absolute Gasteiger partial charge is 0.273 e. The highest BCUT2D eigenvalue weighted by Crippen LogP contribution is 2.26. The molecule has 0 spiro atoms. The van der Waals surface area contributed by atoms with Gasteiger partial charge in [-0.3, -0.25) is 14.4 Å². The van der Waals surface area contributed by atoms with Crippen LogP contribution < -0.4 is 16.4 Å². The molecule has 2 aliphatic rings. The van der Waals surface area contributed by atoms with Crippen LogP contribution in [-0.4, -0.2) is 45.6 Å². The van der Waals surface area contributed by atoms with Gasteiger partial charge in [0.25, 0.3) is 11.8 Å². The van der Waals surface area contributed by atoms with Crippen molar-refractivity contribution in [2.75, 3.05) is 12.3 Å². The first kappa shape index (κ1) is 26.4. The van der Waals surface area contributed by atoms with E-state index >= 15 is 0 Å². The number of benzene rings is 1. The molecule has 0 bridgehead atoms. The molecule has 10 heteroatoms. The molecule has 194 valence electrons. The average Bonchev–Trinajstić information content (AvgIpc) is 3.27. The van der Waals surface area contributed by atoms with E-state index in [2.05, 4.69) is 15.0 Å². The SMILES string of the molecule is Nc1c(C(=O)NC2CCCCC2)nsc1C(=O)N(CC(=O)NC1CCCCC1)Cc1ccccc1Cl. The van der Waals surface area contributed by atoms with Gasteiger partial charge in [0.05, 0.1) is 5.69 Å². The van der Waals surface area contributed by atoms with Gasteiger partial charge in [0.15, 0.2) is 5.69 Å². The fourth-order valence-corrected chi connectivity index (χ4v) is 5.95. The van der Waals surface area contributed by atoms with Crippen molar-refractivity contribution in [2.24, 2.45) is 0 Å². The van der Waals surface area contributed by atoms with Crippen molar-refractivity contribution in [2.45, 2.75) is 82.8 Å². The summed E-state index contributed by atoms with van der Waals surface area (Å²) in [6.07, 6.45) is 10.5. The number of anilines is 1. The Labute approximate surface area is 221 Å². The molecule has 8 nitrogen and oxygen atoms in total. The maximum Gasteiger partial charge on any atom is 0.273 e. The molecule has 0 saturated heterocycles. The second-order valence-corrected chi connectivity index (χ2v) is 10.9. The molecule has 0 aliphatic heterocycles. The number of nitrogens with zero attached hydrogens (tertiary/aromatic N) is 2. The van der Waals surface area contributed by atoms with Gasteiger partial charge in [0.1, 0.15) is 11.4 Å². The van der Waals surface area contributed by atoms with Crippen LogP contribution in [0.1, 0.15) is 89.9 Å². The Bertz CT molecular complexity index is 1080. The number of aromatic nitrogens is 1. The lowest BCUT2D eigenvalue weighted by Gasteiger charge is -2.26. The third-order valence-electron chi connectivity index (χ3n) is 6.99. The summed E-state index contributed by atoms with van der Waals surface area (Å²) in [5.41, 5.74) is 7.10. The van der Waals surface area contributed by atoms with E-state index in [1.165, 1.54) is 17.7 Å². The van der Waals surface area contributed by atoms with Crippen molar-refractivity contribution in [3.8, 4) is 0 Å². The summed E-state index contributed by atoms with van der Waals surface area (Å²) >= 11 is 7.24. The van der Waals surface area contributed by atoms with Gasteiger partial charge in [0.2, 0.25) is 5.91 Å². The first-order valence-electron chi connectivity index (χ1n) is 12.8. The van der Waals surface area contributed by atoms with Crippen molar-refractivity contribution in [1.82, 2.24) is 19.9 Å². The van der Waals surface area contributed by atoms with E-state index < -0.39 is 5.91 Å². The topological polar surface area (TPSA) is 117 Å². The van der Waals surface area contributed by atoms with Crippen LogP contribution in [0.5, 0.6) is 0 Å². The molecule has 1 aromatic carbocycles. The summed E-state index contributed by atoms with van der Waals surface area (Å²) in [7, 11) is 0. The van der Waals surface area contributed by atoms with Gasteiger partial charge in [-0.15, -0.1) is 0 Å². The molecule has 1 aromatic heterocycles. The highest BCUT2D eigenvalue weighted by Gasteiger charge is 2.29. The summed E-state index contributed by atoms with van der Waals surface area (Å²) in [4.78, 5) is 40.9. The Morgan fingerprint density at radius 2 is 1.58 bits per heavy atom. The minimum absolute atomic E-state index is 0.0511. The first-order chi connectivity index (χ1) is 17.4. The maximum atomic E-state index is 13.6. The molecule has 2 aromatic rings. The van der Waals surface area contributed by atoms with E-state index in [1.807, 2.05) is 18.2 Å². The largest absolute Gasteiger partial charge is 0.395 e. The quantitative estimate of drug-likeness (QED) is 0.462. The van der Waals surface area contributed by atoms with Crippen LogP contribution in [0, 0.1) is 0 Å². The van der Waals surface area contributed by atoms with E-state index in [0.717, 1.165) is 68.5 Å². The molecule has 3 amide bonds. The summed E-state index contributed by atoms with van der Waals surface area (Å²) in [5.74, 6) is -1.02. The molecular formula is C26H34ClN5O3S. The molecule has 2 saturated carbocycles. The zero-order valence-corrected chi connectivity index (χ0v) is 22.0. The van der Waals surface area contributed by atoms with Crippen LogP contribution in [0.4, 0.5) is 5.69 Å². The molecule has 0 atom stereocenters. The maximum absolute atomic E-state index is 13.6. The fraction of sp³-hybridized carbons (Fsp3) is 0.538. The van der Waals surface area contributed by atoms with Gasteiger partial charge in [0, 0.05) is 23.7 Å². The van der Waals surface area contributed by atoms with Crippen molar-refractivity contribution < 1.29 is 14.4 Å². The third-order valence-corrected chi connectivity index (χ3v) is 8.21. The number of rotatable bonds is 8. The molecule has 0 unspecified atom stereocenters. The summed E-state index contributed by atoms with van der Waals surface area (Å²) in [5, 5.41) is 6.57. The lowest BCUT2D eigenvalue weighted by molar-refractivity contribution is -0.122. The number of nitrogens with two attached hydrogens (primary N) is 1. The van der Waals surface area contributed by atoms with Crippen LogP contribution in [0.2, 0.25) is 5.02 Å². The first-order valence-corrected chi connectivity index (χ1v) is 14.0. The summed E-state index contributed by atoms with van der Waals surface area (Å²) < 4.78 is 4.21. The zero-order chi connectivity index (χ0) is 25.5. The molecule has 4 N–H and O–H groups in total. The second kappa shape index (κ2) is 12.5. The van der Waals surface area contributed by atoms with Crippen LogP contribution in [0.15, 0.2) is 24.3 Å². The standard InChI is InChI=1S/C26H34ClN5O3S/c27-20-14-8-7-9-17(20)15-32(16-21(33)29-18-10-3-1-4-11-18)26(35)24-22(28)23(31-36-24)25(34)30-19-12-5-2-6-13-19/h7-9,14,18-19H,1-6,10-13,15-16,28H2,(H,29,33)(H,30,34). The van der Waals surface area contributed by atoms with E-state index in [0.29, 0.717) is 5.02 Å². The normalized spacial score (nSPS) is 16.9. The number of nitrogens with one attached hydrogen (secondary N) is 2. The van der Waals surface area contributed by atoms with E-state index in [-0.39, 0.29) is 53.2 Å². The molecule has 2 fully saturated rings. The molecule has 36 heavy (non-hydrogen) atoms. The fourth-order valence-electron chi connectivity index (χ4n) is 4.98. The van der Waals surface area contributed by atoms with Crippen LogP contribution in [-0.2, 0) is 11.3 Å². The van der Waals surface area contributed by atoms with Crippen LogP contribution in [0.25, 0.3) is 0 Å². The molecule has 2 aliphatic carbocycles. The Hall–Kier alpha value is -2.65. The average molecular weight is 532 g/mol. The van der Waals surface area contributed by atoms with Crippen molar-refractivity contribution >= 4 is 46.5 Å². The number of amides is 3.